The monoisotopic (exact) mass is 255 g/mol. The van der Waals surface area contributed by atoms with Gasteiger partial charge in [0.2, 0.25) is 0 Å². The number of rotatable bonds is 5. The molecule has 0 radical (unpaired) electrons. The van der Waals surface area contributed by atoms with Gasteiger partial charge in [0.15, 0.2) is 0 Å². The highest BCUT2D eigenvalue weighted by atomic mass is 16.6. The number of carboxylic acid groups (broad SMARTS) is 1. The van der Waals surface area contributed by atoms with Crippen molar-refractivity contribution in [2.75, 3.05) is 19.7 Å². The second-order valence-corrected chi connectivity index (χ2v) is 4.79. The first-order valence-electron chi connectivity index (χ1n) is 6.30. The minimum Gasteiger partial charge on any atom is -0.481 e. The zero-order chi connectivity index (χ0) is 13.5. The van der Waals surface area contributed by atoms with Crippen LogP contribution < -0.4 is 0 Å². The van der Waals surface area contributed by atoms with E-state index in [2.05, 4.69) is 6.58 Å². The highest BCUT2D eigenvalue weighted by Crippen LogP contribution is 2.23. The number of hydrogen-bond donors (Lipinski definition) is 1. The lowest BCUT2D eigenvalue weighted by atomic mass is 9.89. The molecule has 2 unspecified atom stereocenters. The topological polar surface area (TPSA) is 66.8 Å². The summed E-state index contributed by atoms with van der Waals surface area (Å²) in [6, 6.07) is 0. The van der Waals surface area contributed by atoms with Gasteiger partial charge in [-0.05, 0) is 25.2 Å². The highest BCUT2D eigenvalue weighted by Gasteiger charge is 2.27. The van der Waals surface area contributed by atoms with Gasteiger partial charge in [0.1, 0.15) is 6.61 Å². The number of aliphatic carboxylic acids is 1. The molecule has 102 valence electrons. The first kappa shape index (κ1) is 14.5. The quantitative estimate of drug-likeness (QED) is 0.764. The molecule has 2 atom stereocenters. The summed E-state index contributed by atoms with van der Waals surface area (Å²) in [6.07, 6.45) is 3.69. The van der Waals surface area contributed by atoms with E-state index < -0.39 is 5.97 Å². The SMILES string of the molecule is C=CCOC(=O)N1CCCC(CC(C)C(=O)O)C1. The van der Waals surface area contributed by atoms with Gasteiger partial charge in [0.05, 0.1) is 5.92 Å². The molecular formula is C13H21NO4. The van der Waals surface area contributed by atoms with E-state index in [1.54, 1.807) is 11.8 Å². The summed E-state index contributed by atoms with van der Waals surface area (Å²) in [5.41, 5.74) is 0. The van der Waals surface area contributed by atoms with Crippen LogP contribution in [0.1, 0.15) is 26.2 Å². The van der Waals surface area contributed by atoms with Gasteiger partial charge in [-0.25, -0.2) is 4.79 Å². The van der Waals surface area contributed by atoms with Crippen molar-refractivity contribution in [3.63, 3.8) is 0 Å². The van der Waals surface area contributed by atoms with Crippen LogP contribution in [-0.2, 0) is 9.53 Å². The second-order valence-electron chi connectivity index (χ2n) is 4.79. The van der Waals surface area contributed by atoms with Crippen molar-refractivity contribution in [1.29, 1.82) is 0 Å². The van der Waals surface area contributed by atoms with Gasteiger partial charge in [-0.1, -0.05) is 19.6 Å². The Hall–Kier alpha value is -1.52. The van der Waals surface area contributed by atoms with Crippen LogP contribution in [0.5, 0.6) is 0 Å². The van der Waals surface area contributed by atoms with E-state index in [1.165, 1.54) is 6.08 Å². The van der Waals surface area contributed by atoms with Crippen LogP contribution in [0.2, 0.25) is 0 Å². The molecule has 1 N–H and O–H groups in total. The predicted molar refractivity (Wildman–Crippen MR) is 67.3 cm³/mol. The minimum atomic E-state index is -0.777. The van der Waals surface area contributed by atoms with E-state index in [4.69, 9.17) is 9.84 Å². The molecule has 1 amide bonds. The van der Waals surface area contributed by atoms with Crippen LogP contribution in [0.25, 0.3) is 0 Å². The molecule has 5 heteroatoms. The largest absolute Gasteiger partial charge is 0.481 e. The van der Waals surface area contributed by atoms with E-state index in [0.717, 1.165) is 12.8 Å². The molecule has 5 nitrogen and oxygen atoms in total. The maximum Gasteiger partial charge on any atom is 0.410 e. The van der Waals surface area contributed by atoms with E-state index in [0.29, 0.717) is 19.5 Å². The summed E-state index contributed by atoms with van der Waals surface area (Å²) in [6.45, 7) is 6.69. The first-order valence-corrected chi connectivity index (χ1v) is 6.30. The van der Waals surface area contributed by atoms with E-state index in [9.17, 15) is 9.59 Å². The van der Waals surface area contributed by atoms with E-state index in [-0.39, 0.29) is 24.5 Å². The van der Waals surface area contributed by atoms with Gasteiger partial charge in [-0.3, -0.25) is 4.79 Å². The lowest BCUT2D eigenvalue weighted by Gasteiger charge is -2.32. The summed E-state index contributed by atoms with van der Waals surface area (Å²) >= 11 is 0. The Morgan fingerprint density at radius 3 is 2.94 bits per heavy atom. The first-order chi connectivity index (χ1) is 8.54. The number of piperidine rings is 1. The maximum atomic E-state index is 11.7. The van der Waals surface area contributed by atoms with Crippen molar-refractivity contribution in [2.24, 2.45) is 11.8 Å². The fourth-order valence-electron chi connectivity index (χ4n) is 2.25. The third-order valence-corrected chi connectivity index (χ3v) is 3.21. The number of carbonyl (C=O) groups excluding carboxylic acids is 1. The van der Waals surface area contributed by atoms with Gasteiger partial charge >= 0.3 is 12.1 Å². The molecule has 1 saturated heterocycles. The van der Waals surface area contributed by atoms with Crippen molar-refractivity contribution in [3.8, 4) is 0 Å². The smallest absolute Gasteiger partial charge is 0.410 e. The van der Waals surface area contributed by atoms with Gasteiger partial charge < -0.3 is 14.7 Å². The van der Waals surface area contributed by atoms with Crippen LogP contribution in [0.15, 0.2) is 12.7 Å². The Labute approximate surface area is 107 Å². The van der Waals surface area contributed by atoms with Crippen LogP contribution in [0.3, 0.4) is 0 Å². The standard InChI is InChI=1S/C13H21NO4/c1-3-7-18-13(17)14-6-4-5-11(9-14)8-10(2)12(15)16/h3,10-11H,1,4-9H2,2H3,(H,15,16). The molecule has 0 aromatic heterocycles. The number of amides is 1. The summed E-state index contributed by atoms with van der Waals surface area (Å²) in [5, 5.41) is 8.89. The number of likely N-dealkylation sites (tertiary alicyclic amines) is 1. The maximum absolute atomic E-state index is 11.7. The van der Waals surface area contributed by atoms with Gasteiger partial charge in [0, 0.05) is 13.1 Å². The second kappa shape index (κ2) is 7.03. The summed E-state index contributed by atoms with van der Waals surface area (Å²) < 4.78 is 4.98. The Morgan fingerprint density at radius 1 is 1.61 bits per heavy atom. The fourth-order valence-corrected chi connectivity index (χ4v) is 2.25. The lowest BCUT2D eigenvalue weighted by Crippen LogP contribution is -2.41. The van der Waals surface area contributed by atoms with Crippen LogP contribution >= 0.6 is 0 Å². The highest BCUT2D eigenvalue weighted by molar-refractivity contribution is 5.69. The van der Waals surface area contributed by atoms with E-state index in [1.807, 2.05) is 0 Å². The molecule has 0 aliphatic carbocycles. The molecule has 18 heavy (non-hydrogen) atoms. The predicted octanol–water partition coefficient (Wildman–Crippen LogP) is 2.13. The summed E-state index contributed by atoms with van der Waals surface area (Å²) in [5.74, 6) is -0.887. The van der Waals surface area contributed by atoms with Gasteiger partial charge in [0.25, 0.3) is 0 Å². The Bertz CT molecular complexity index is 316. The molecule has 0 saturated carbocycles. The Kier molecular flexibility index (Phi) is 5.68. The average Bonchev–Trinajstić information content (AvgIpc) is 2.36. The molecule has 1 rings (SSSR count). The normalized spacial score (nSPS) is 21.2. The number of carboxylic acids is 1. The number of hydrogen-bond acceptors (Lipinski definition) is 3. The zero-order valence-electron chi connectivity index (χ0n) is 10.8. The Morgan fingerprint density at radius 2 is 2.33 bits per heavy atom. The zero-order valence-corrected chi connectivity index (χ0v) is 10.8. The van der Waals surface area contributed by atoms with Crippen LogP contribution in [0, 0.1) is 11.8 Å². The molecule has 0 aromatic rings. The molecule has 1 fully saturated rings. The molecular weight excluding hydrogens is 234 g/mol. The van der Waals surface area contributed by atoms with Gasteiger partial charge in [-0.15, -0.1) is 0 Å². The minimum absolute atomic E-state index is 0.214. The number of nitrogens with zero attached hydrogens (tertiary/aromatic N) is 1. The summed E-state index contributed by atoms with van der Waals surface area (Å²) in [7, 11) is 0. The van der Waals surface area contributed by atoms with E-state index >= 15 is 0 Å². The Balaban J connectivity index is 2.42. The van der Waals surface area contributed by atoms with Crippen molar-refractivity contribution >= 4 is 12.1 Å². The average molecular weight is 255 g/mol. The third-order valence-electron chi connectivity index (χ3n) is 3.21. The van der Waals surface area contributed by atoms with Crippen molar-refractivity contribution in [3.05, 3.63) is 12.7 Å². The van der Waals surface area contributed by atoms with Crippen LogP contribution in [-0.4, -0.2) is 41.8 Å². The van der Waals surface area contributed by atoms with Crippen LogP contribution in [0.4, 0.5) is 4.79 Å². The third kappa shape index (κ3) is 4.39. The number of ether oxygens (including phenoxy) is 1. The molecule has 0 bridgehead atoms. The van der Waals surface area contributed by atoms with Crippen molar-refractivity contribution < 1.29 is 19.4 Å². The molecule has 0 spiro atoms. The fraction of sp³-hybridized carbons (Fsp3) is 0.692. The molecule has 1 aliphatic heterocycles. The van der Waals surface area contributed by atoms with Crippen molar-refractivity contribution in [1.82, 2.24) is 4.90 Å². The summed E-state index contributed by atoms with van der Waals surface area (Å²) in [4.78, 5) is 24.1. The molecule has 1 aliphatic rings. The number of carbonyl (C=O) groups is 2. The lowest BCUT2D eigenvalue weighted by molar-refractivity contribution is -0.141. The van der Waals surface area contributed by atoms with Crippen molar-refractivity contribution in [2.45, 2.75) is 26.2 Å². The molecule has 1 heterocycles. The van der Waals surface area contributed by atoms with Gasteiger partial charge in [-0.2, -0.15) is 0 Å². The molecule has 0 aromatic carbocycles.